The number of hydrogen-bond donors (Lipinski definition) is 1. The third kappa shape index (κ3) is 4.87. The Hall–Kier alpha value is -0.610. The number of nitrogens with zero attached hydrogens (tertiary/aromatic N) is 1. The minimum Gasteiger partial charge on any atom is -0.370 e. The lowest BCUT2D eigenvalue weighted by atomic mass is 9.72. The summed E-state index contributed by atoms with van der Waals surface area (Å²) in [5.74, 6) is 2.71. The van der Waals surface area contributed by atoms with E-state index in [0.717, 1.165) is 50.2 Å². The first-order chi connectivity index (χ1) is 13.0. The van der Waals surface area contributed by atoms with Crippen LogP contribution in [0.1, 0.15) is 84.0 Å². The molecular formula is C23H40N2O2. The van der Waals surface area contributed by atoms with Crippen molar-refractivity contribution in [3.05, 3.63) is 0 Å². The van der Waals surface area contributed by atoms with Crippen molar-refractivity contribution in [1.82, 2.24) is 4.90 Å². The standard InChI is InChI=1S/C23H40N2O2/c1-23(16-25-11-9-19(10-12-25)22(24)26)15-20-14-18(7-8-21(20)27-23)13-17-5-3-2-4-6-17/h17-21H,2-16H2,1H3,(H2,24,26). The summed E-state index contributed by atoms with van der Waals surface area (Å²) in [6.07, 6.45) is 16.5. The van der Waals surface area contributed by atoms with Crippen LogP contribution in [0, 0.1) is 23.7 Å². The lowest BCUT2D eigenvalue weighted by Gasteiger charge is -2.36. The smallest absolute Gasteiger partial charge is 0.220 e. The Bertz CT molecular complexity index is 511. The minimum atomic E-state index is -0.118. The van der Waals surface area contributed by atoms with Gasteiger partial charge in [0.25, 0.3) is 0 Å². The Kier molecular flexibility index (Phi) is 6.13. The van der Waals surface area contributed by atoms with Gasteiger partial charge in [0.05, 0.1) is 11.7 Å². The Morgan fingerprint density at radius 1 is 1.04 bits per heavy atom. The molecule has 2 saturated heterocycles. The molecule has 4 heteroatoms. The number of rotatable bonds is 5. The molecule has 4 rings (SSSR count). The number of carbonyl (C=O) groups is 1. The highest BCUT2D eigenvalue weighted by Crippen LogP contribution is 2.47. The first-order valence-corrected chi connectivity index (χ1v) is 11.7. The fraction of sp³-hybridized carbons (Fsp3) is 0.957. The number of likely N-dealkylation sites (tertiary alicyclic amines) is 1. The molecular weight excluding hydrogens is 336 g/mol. The van der Waals surface area contributed by atoms with E-state index in [4.69, 9.17) is 10.5 Å². The van der Waals surface area contributed by atoms with Crippen LogP contribution in [0.15, 0.2) is 0 Å². The maximum absolute atomic E-state index is 11.4. The maximum Gasteiger partial charge on any atom is 0.220 e. The van der Waals surface area contributed by atoms with Crippen molar-refractivity contribution < 1.29 is 9.53 Å². The van der Waals surface area contributed by atoms with E-state index < -0.39 is 0 Å². The lowest BCUT2D eigenvalue weighted by Crippen LogP contribution is -2.46. The van der Waals surface area contributed by atoms with Gasteiger partial charge in [-0.2, -0.15) is 0 Å². The molecule has 0 spiro atoms. The molecule has 2 N–H and O–H groups in total. The molecule has 0 bridgehead atoms. The highest BCUT2D eigenvalue weighted by Gasteiger charge is 2.46. The van der Waals surface area contributed by atoms with Crippen LogP contribution in [0.5, 0.6) is 0 Å². The van der Waals surface area contributed by atoms with Crippen molar-refractivity contribution in [3.8, 4) is 0 Å². The molecule has 2 saturated carbocycles. The van der Waals surface area contributed by atoms with Crippen LogP contribution in [0.4, 0.5) is 0 Å². The summed E-state index contributed by atoms with van der Waals surface area (Å²) in [6, 6.07) is 0. The molecule has 0 aromatic carbocycles. The monoisotopic (exact) mass is 376 g/mol. The molecule has 1 amide bonds. The van der Waals surface area contributed by atoms with Gasteiger partial charge in [-0.1, -0.05) is 32.1 Å². The zero-order valence-electron chi connectivity index (χ0n) is 17.3. The van der Waals surface area contributed by atoms with E-state index in [1.54, 1.807) is 0 Å². The van der Waals surface area contributed by atoms with Crippen molar-refractivity contribution in [2.45, 2.75) is 95.7 Å². The van der Waals surface area contributed by atoms with E-state index in [0.29, 0.717) is 6.10 Å². The van der Waals surface area contributed by atoms with E-state index in [9.17, 15) is 4.79 Å². The van der Waals surface area contributed by atoms with E-state index in [2.05, 4.69) is 11.8 Å². The molecule has 4 fully saturated rings. The van der Waals surface area contributed by atoms with Crippen molar-refractivity contribution in [1.29, 1.82) is 0 Å². The average molecular weight is 377 g/mol. The molecule has 2 aliphatic carbocycles. The molecule has 0 aromatic rings. The third-order valence-electron chi connectivity index (χ3n) is 8.09. The van der Waals surface area contributed by atoms with Crippen molar-refractivity contribution >= 4 is 5.91 Å². The van der Waals surface area contributed by atoms with Gasteiger partial charge in [-0.15, -0.1) is 0 Å². The Morgan fingerprint density at radius 2 is 1.78 bits per heavy atom. The SMILES string of the molecule is CC1(CN2CCC(C(N)=O)CC2)CC2CC(CC3CCCCC3)CCC2O1. The predicted octanol–water partition coefficient (Wildman–Crippen LogP) is 4.12. The minimum absolute atomic E-state index is 0.00855. The molecule has 4 unspecified atom stereocenters. The summed E-state index contributed by atoms with van der Waals surface area (Å²) >= 11 is 0. The number of nitrogens with two attached hydrogens (primary N) is 1. The zero-order valence-corrected chi connectivity index (χ0v) is 17.3. The second-order valence-corrected chi connectivity index (χ2v) is 10.4. The summed E-state index contributed by atoms with van der Waals surface area (Å²) in [5, 5.41) is 0. The zero-order chi connectivity index (χ0) is 18.9. The normalized spacial score (nSPS) is 39.4. The molecule has 4 aliphatic rings. The summed E-state index contributed by atoms with van der Waals surface area (Å²) in [5.41, 5.74) is 5.49. The molecule has 0 radical (unpaired) electrons. The quantitative estimate of drug-likeness (QED) is 0.785. The fourth-order valence-electron chi connectivity index (χ4n) is 6.73. The van der Waals surface area contributed by atoms with Crippen molar-refractivity contribution in [2.24, 2.45) is 29.4 Å². The van der Waals surface area contributed by atoms with Gasteiger partial charge in [0.15, 0.2) is 0 Å². The maximum atomic E-state index is 11.4. The molecule has 4 atom stereocenters. The van der Waals surface area contributed by atoms with Gasteiger partial charge in [-0.25, -0.2) is 0 Å². The fourth-order valence-corrected chi connectivity index (χ4v) is 6.73. The number of primary amides is 1. The number of amides is 1. The van der Waals surface area contributed by atoms with Crippen LogP contribution in [0.25, 0.3) is 0 Å². The summed E-state index contributed by atoms with van der Waals surface area (Å²) in [7, 11) is 0. The molecule has 2 aliphatic heterocycles. The van der Waals surface area contributed by atoms with Crippen molar-refractivity contribution in [2.75, 3.05) is 19.6 Å². The molecule has 27 heavy (non-hydrogen) atoms. The molecule has 2 heterocycles. The van der Waals surface area contributed by atoms with Gasteiger partial charge in [0.2, 0.25) is 5.91 Å². The predicted molar refractivity (Wildman–Crippen MR) is 108 cm³/mol. The largest absolute Gasteiger partial charge is 0.370 e. The van der Waals surface area contributed by atoms with Crippen LogP contribution in [-0.4, -0.2) is 42.1 Å². The number of ether oxygens (including phenoxy) is 1. The van der Waals surface area contributed by atoms with Gasteiger partial charge in [-0.05, 0) is 82.7 Å². The van der Waals surface area contributed by atoms with Crippen molar-refractivity contribution in [3.63, 3.8) is 0 Å². The van der Waals surface area contributed by atoms with Gasteiger partial charge in [0.1, 0.15) is 0 Å². The molecule has 154 valence electrons. The van der Waals surface area contributed by atoms with Gasteiger partial charge in [0, 0.05) is 12.5 Å². The van der Waals surface area contributed by atoms with Crippen LogP contribution in [-0.2, 0) is 9.53 Å². The lowest BCUT2D eigenvalue weighted by molar-refractivity contribution is -0.123. The second kappa shape index (κ2) is 8.41. The van der Waals surface area contributed by atoms with E-state index >= 15 is 0 Å². The number of fused-ring (bicyclic) bond motifs is 1. The number of piperidine rings is 1. The van der Waals surface area contributed by atoms with Gasteiger partial charge < -0.3 is 15.4 Å². The Balaban J connectivity index is 1.25. The first kappa shape index (κ1) is 19.7. The summed E-state index contributed by atoms with van der Waals surface area (Å²) in [6.45, 7) is 5.35. The van der Waals surface area contributed by atoms with Crippen LogP contribution < -0.4 is 5.73 Å². The first-order valence-electron chi connectivity index (χ1n) is 11.7. The third-order valence-corrected chi connectivity index (χ3v) is 8.09. The number of hydrogen-bond acceptors (Lipinski definition) is 3. The topological polar surface area (TPSA) is 55.6 Å². The van der Waals surface area contributed by atoms with E-state index in [-0.39, 0.29) is 17.4 Å². The van der Waals surface area contributed by atoms with Gasteiger partial charge >= 0.3 is 0 Å². The van der Waals surface area contributed by atoms with Crippen LogP contribution in [0.2, 0.25) is 0 Å². The summed E-state index contributed by atoms with van der Waals surface area (Å²) < 4.78 is 6.63. The summed E-state index contributed by atoms with van der Waals surface area (Å²) in [4.78, 5) is 13.9. The highest BCUT2D eigenvalue weighted by atomic mass is 16.5. The van der Waals surface area contributed by atoms with Crippen LogP contribution in [0.3, 0.4) is 0 Å². The second-order valence-electron chi connectivity index (χ2n) is 10.4. The highest BCUT2D eigenvalue weighted by molar-refractivity contribution is 5.76. The Morgan fingerprint density at radius 3 is 2.48 bits per heavy atom. The van der Waals surface area contributed by atoms with E-state index in [1.165, 1.54) is 64.2 Å². The number of carbonyl (C=O) groups excluding carboxylic acids is 1. The molecule has 4 nitrogen and oxygen atoms in total. The average Bonchev–Trinajstić information content (AvgIpc) is 2.98. The van der Waals surface area contributed by atoms with E-state index in [1.807, 2.05) is 0 Å². The van der Waals surface area contributed by atoms with Gasteiger partial charge in [-0.3, -0.25) is 4.79 Å². The Labute approximate surface area is 165 Å². The van der Waals surface area contributed by atoms with Crippen LogP contribution >= 0.6 is 0 Å². The molecule has 0 aromatic heterocycles.